The van der Waals surface area contributed by atoms with Gasteiger partial charge >= 0.3 is 0 Å². The third-order valence-electron chi connectivity index (χ3n) is 5.28. The lowest BCUT2D eigenvalue weighted by Crippen LogP contribution is -2.55. The number of nitrogens with one attached hydrogen (secondary N) is 1. The first-order chi connectivity index (χ1) is 17.0. The highest BCUT2D eigenvalue weighted by Crippen LogP contribution is 2.28. The third kappa shape index (κ3) is 8.54. The molecule has 3 aromatic rings. The van der Waals surface area contributed by atoms with Gasteiger partial charge in [0.15, 0.2) is 6.61 Å². The van der Waals surface area contributed by atoms with Crippen molar-refractivity contribution in [1.82, 2.24) is 10.2 Å². The van der Waals surface area contributed by atoms with Gasteiger partial charge in [-0.1, -0.05) is 81.6 Å². The van der Waals surface area contributed by atoms with E-state index in [9.17, 15) is 9.59 Å². The average molecular weight is 592 g/mol. The summed E-state index contributed by atoms with van der Waals surface area (Å²) in [5, 5.41) is 4.01. The van der Waals surface area contributed by atoms with Crippen LogP contribution in [0.1, 0.15) is 31.9 Å². The van der Waals surface area contributed by atoms with Crippen molar-refractivity contribution < 1.29 is 14.3 Å². The number of carbonyl (C=O) groups excluding carboxylic acids is 2. The van der Waals surface area contributed by atoms with Crippen LogP contribution in [0.15, 0.2) is 77.3 Å². The highest BCUT2D eigenvalue weighted by atomic mass is 79.9. The summed E-state index contributed by atoms with van der Waals surface area (Å²) in [6.07, 6.45) is 0.348. The zero-order chi connectivity index (χ0) is 26.3. The summed E-state index contributed by atoms with van der Waals surface area (Å²) in [5.41, 5.74) is 1.32. The zero-order valence-electron chi connectivity index (χ0n) is 20.4. The van der Waals surface area contributed by atoms with Crippen molar-refractivity contribution in [3.05, 3.63) is 98.4 Å². The standard InChI is InChI=1S/C28H29BrCl2N2O3/c1-28(2,3)32-27(35)24(15-19-7-5-4-6-8-19)33(17-20-9-12-22(30)13-10-20)26(34)18-36-25-14-11-21(29)16-23(25)31/h4-14,16,24H,15,17-18H2,1-3H3,(H,32,35)/t24-/m0/s1. The Hall–Kier alpha value is -2.54. The molecule has 0 aliphatic heterocycles. The van der Waals surface area contributed by atoms with Gasteiger partial charge in [-0.05, 0) is 62.2 Å². The molecule has 0 radical (unpaired) electrons. The van der Waals surface area contributed by atoms with Crippen LogP contribution in [0.4, 0.5) is 0 Å². The fraction of sp³-hybridized carbons (Fsp3) is 0.286. The molecule has 8 heteroatoms. The van der Waals surface area contributed by atoms with Gasteiger partial charge in [0.1, 0.15) is 11.8 Å². The zero-order valence-corrected chi connectivity index (χ0v) is 23.5. The van der Waals surface area contributed by atoms with Crippen molar-refractivity contribution in [2.75, 3.05) is 6.61 Å². The van der Waals surface area contributed by atoms with Crippen molar-refractivity contribution in [2.45, 2.75) is 45.3 Å². The van der Waals surface area contributed by atoms with Gasteiger partial charge in [-0.3, -0.25) is 9.59 Å². The van der Waals surface area contributed by atoms with E-state index in [1.165, 1.54) is 0 Å². The van der Waals surface area contributed by atoms with E-state index in [4.69, 9.17) is 27.9 Å². The predicted molar refractivity (Wildman–Crippen MR) is 148 cm³/mol. The second kappa shape index (κ2) is 12.6. The lowest BCUT2D eigenvalue weighted by Gasteiger charge is -2.33. The van der Waals surface area contributed by atoms with Crippen LogP contribution in [0.2, 0.25) is 10.0 Å². The van der Waals surface area contributed by atoms with Gasteiger partial charge in [-0.25, -0.2) is 0 Å². The molecular formula is C28H29BrCl2N2O3. The quantitative estimate of drug-likeness (QED) is 0.302. The molecule has 0 aliphatic rings. The van der Waals surface area contributed by atoms with E-state index in [2.05, 4.69) is 21.2 Å². The van der Waals surface area contributed by atoms with Crippen LogP contribution in [-0.2, 0) is 22.6 Å². The Bertz CT molecular complexity index is 1180. The molecule has 0 aliphatic carbocycles. The Kier molecular flexibility index (Phi) is 9.83. The number of amides is 2. The maximum Gasteiger partial charge on any atom is 0.261 e. The van der Waals surface area contributed by atoms with Gasteiger partial charge < -0.3 is 15.0 Å². The van der Waals surface area contributed by atoms with Crippen LogP contribution in [0.25, 0.3) is 0 Å². The Morgan fingerprint density at radius 3 is 2.25 bits per heavy atom. The SMILES string of the molecule is CC(C)(C)NC(=O)[C@H](Cc1ccccc1)N(Cc1ccc(Cl)cc1)C(=O)COc1ccc(Br)cc1Cl. The monoisotopic (exact) mass is 590 g/mol. The van der Waals surface area contributed by atoms with Crippen molar-refractivity contribution in [3.8, 4) is 5.75 Å². The lowest BCUT2D eigenvalue weighted by molar-refractivity contribution is -0.143. The molecule has 1 atom stereocenters. The van der Waals surface area contributed by atoms with Crippen LogP contribution >= 0.6 is 39.1 Å². The highest BCUT2D eigenvalue weighted by Gasteiger charge is 2.32. The summed E-state index contributed by atoms with van der Waals surface area (Å²) in [6, 6.07) is 21.3. The van der Waals surface area contributed by atoms with E-state index in [0.29, 0.717) is 22.2 Å². The van der Waals surface area contributed by atoms with E-state index in [-0.39, 0.29) is 25.0 Å². The minimum absolute atomic E-state index is 0.211. The van der Waals surface area contributed by atoms with Gasteiger partial charge in [-0.15, -0.1) is 0 Å². The maximum absolute atomic E-state index is 13.6. The first-order valence-electron chi connectivity index (χ1n) is 11.5. The van der Waals surface area contributed by atoms with E-state index in [1.807, 2.05) is 63.2 Å². The highest BCUT2D eigenvalue weighted by molar-refractivity contribution is 9.10. The molecular weight excluding hydrogens is 563 g/mol. The summed E-state index contributed by atoms with van der Waals surface area (Å²) < 4.78 is 6.58. The van der Waals surface area contributed by atoms with E-state index in [1.54, 1.807) is 35.2 Å². The van der Waals surface area contributed by atoms with E-state index < -0.39 is 11.6 Å². The van der Waals surface area contributed by atoms with Crippen LogP contribution in [-0.4, -0.2) is 34.9 Å². The molecule has 0 heterocycles. The van der Waals surface area contributed by atoms with E-state index >= 15 is 0 Å². The molecule has 0 fully saturated rings. The average Bonchev–Trinajstić information content (AvgIpc) is 2.81. The summed E-state index contributed by atoms with van der Waals surface area (Å²) in [7, 11) is 0. The van der Waals surface area contributed by atoms with Gasteiger partial charge in [0.05, 0.1) is 5.02 Å². The molecule has 2 amide bonds. The Balaban J connectivity index is 1.93. The first-order valence-corrected chi connectivity index (χ1v) is 13.0. The number of carbonyl (C=O) groups is 2. The minimum Gasteiger partial charge on any atom is -0.482 e. The summed E-state index contributed by atoms with van der Waals surface area (Å²) in [5.74, 6) is -0.192. The van der Waals surface area contributed by atoms with Gasteiger partial charge in [0.25, 0.3) is 5.91 Å². The van der Waals surface area contributed by atoms with Gasteiger partial charge in [-0.2, -0.15) is 0 Å². The largest absolute Gasteiger partial charge is 0.482 e. The number of nitrogens with zero attached hydrogens (tertiary/aromatic N) is 1. The summed E-state index contributed by atoms with van der Waals surface area (Å²) in [6.45, 7) is 5.67. The maximum atomic E-state index is 13.6. The molecule has 0 saturated heterocycles. The van der Waals surface area contributed by atoms with E-state index in [0.717, 1.165) is 15.6 Å². The van der Waals surface area contributed by atoms with Gasteiger partial charge in [0, 0.05) is 28.0 Å². The molecule has 0 unspecified atom stereocenters. The molecule has 0 bridgehead atoms. The molecule has 3 aromatic carbocycles. The van der Waals surface area contributed by atoms with Crippen LogP contribution in [0.3, 0.4) is 0 Å². The van der Waals surface area contributed by atoms with Crippen molar-refractivity contribution in [2.24, 2.45) is 0 Å². The van der Waals surface area contributed by atoms with Crippen LogP contribution in [0, 0.1) is 0 Å². The molecule has 1 N–H and O–H groups in total. The topological polar surface area (TPSA) is 58.6 Å². The normalized spacial score (nSPS) is 12.1. The van der Waals surface area contributed by atoms with Crippen molar-refractivity contribution in [1.29, 1.82) is 0 Å². The van der Waals surface area contributed by atoms with Crippen LogP contribution in [0.5, 0.6) is 5.75 Å². The minimum atomic E-state index is -0.765. The Labute approximate surface area is 230 Å². The molecule has 5 nitrogen and oxygen atoms in total. The number of rotatable bonds is 9. The molecule has 0 saturated carbocycles. The number of ether oxygens (including phenoxy) is 1. The number of hydrogen-bond acceptors (Lipinski definition) is 3. The molecule has 0 aromatic heterocycles. The van der Waals surface area contributed by atoms with Gasteiger partial charge in [0.2, 0.25) is 5.91 Å². The number of hydrogen-bond donors (Lipinski definition) is 1. The lowest BCUT2D eigenvalue weighted by atomic mass is 10.0. The fourth-order valence-corrected chi connectivity index (χ4v) is 4.46. The smallest absolute Gasteiger partial charge is 0.261 e. The second-order valence-corrected chi connectivity index (χ2v) is 11.2. The molecule has 3 rings (SSSR count). The Morgan fingerprint density at radius 1 is 0.972 bits per heavy atom. The third-order valence-corrected chi connectivity index (χ3v) is 6.32. The number of halogens is 3. The van der Waals surface area contributed by atoms with Crippen LogP contribution < -0.4 is 10.1 Å². The number of benzene rings is 3. The molecule has 0 spiro atoms. The molecule has 190 valence electrons. The first kappa shape index (κ1) is 28.0. The summed E-state index contributed by atoms with van der Waals surface area (Å²) in [4.78, 5) is 28.7. The predicted octanol–water partition coefficient (Wildman–Crippen LogP) is 6.69. The summed E-state index contributed by atoms with van der Waals surface area (Å²) >= 11 is 15.7. The Morgan fingerprint density at radius 2 is 1.64 bits per heavy atom. The van der Waals surface area contributed by atoms with Crippen molar-refractivity contribution in [3.63, 3.8) is 0 Å². The van der Waals surface area contributed by atoms with Crippen molar-refractivity contribution >= 4 is 50.9 Å². The molecule has 36 heavy (non-hydrogen) atoms. The fourth-order valence-electron chi connectivity index (χ4n) is 3.61. The second-order valence-electron chi connectivity index (χ2n) is 9.46.